The molecule has 1 saturated carbocycles. The molecule has 0 bridgehead atoms. The van der Waals surface area contributed by atoms with E-state index in [1.165, 1.54) is 12.8 Å². The number of hydrogen-bond donors (Lipinski definition) is 1. The van der Waals surface area contributed by atoms with E-state index >= 15 is 0 Å². The number of aromatic nitrogens is 2. The lowest BCUT2D eigenvalue weighted by atomic mass is 10.2. The maximum Gasteiger partial charge on any atom is 0.327 e. The maximum absolute atomic E-state index is 13.1. The number of rotatable bonds is 9. The fourth-order valence-corrected chi connectivity index (χ4v) is 3.91. The molecule has 1 aliphatic carbocycles. The number of esters is 1. The van der Waals surface area contributed by atoms with Gasteiger partial charge < -0.3 is 19.9 Å². The number of nitrogens with one attached hydrogen (secondary N) is 1. The Balaban J connectivity index is 1.47. The van der Waals surface area contributed by atoms with Gasteiger partial charge in [-0.3, -0.25) is 14.3 Å². The lowest BCUT2D eigenvalue weighted by molar-refractivity contribution is -0.144. The molecule has 0 radical (unpaired) electrons. The molecule has 33 heavy (non-hydrogen) atoms. The summed E-state index contributed by atoms with van der Waals surface area (Å²) < 4.78 is 6.53. The lowest BCUT2D eigenvalue weighted by Crippen LogP contribution is -2.39. The highest BCUT2D eigenvalue weighted by atomic mass is 16.5. The summed E-state index contributed by atoms with van der Waals surface area (Å²) in [4.78, 5) is 33.7. The van der Waals surface area contributed by atoms with Gasteiger partial charge in [0, 0.05) is 43.5 Å². The average molecular weight is 453 g/mol. The predicted molar refractivity (Wildman–Crippen MR) is 128 cm³/mol. The van der Waals surface area contributed by atoms with Crippen LogP contribution < -0.4 is 5.32 Å². The Hall–Kier alpha value is -3.36. The Bertz CT molecular complexity index is 1090. The number of amidine groups is 1. The summed E-state index contributed by atoms with van der Waals surface area (Å²) in [6, 6.07) is 5.50. The van der Waals surface area contributed by atoms with Gasteiger partial charge >= 0.3 is 5.97 Å². The van der Waals surface area contributed by atoms with Crippen molar-refractivity contribution in [3.63, 3.8) is 0 Å². The number of benzene rings is 1. The van der Waals surface area contributed by atoms with E-state index in [0.29, 0.717) is 24.7 Å². The minimum absolute atomic E-state index is 0.0547. The lowest BCUT2D eigenvalue weighted by Gasteiger charge is -2.30. The van der Waals surface area contributed by atoms with Crippen LogP contribution in [0.4, 0.5) is 5.69 Å². The van der Waals surface area contributed by atoms with E-state index < -0.39 is 0 Å². The van der Waals surface area contributed by atoms with Crippen LogP contribution in [0.2, 0.25) is 0 Å². The van der Waals surface area contributed by atoms with Gasteiger partial charge in [0.05, 0.1) is 12.1 Å². The van der Waals surface area contributed by atoms with E-state index in [0.717, 1.165) is 42.2 Å². The van der Waals surface area contributed by atoms with Crippen LogP contribution in [0, 0.1) is 5.92 Å². The van der Waals surface area contributed by atoms with Crippen molar-refractivity contribution in [2.24, 2.45) is 10.9 Å². The monoisotopic (exact) mass is 452 g/mol. The summed E-state index contributed by atoms with van der Waals surface area (Å²) in [6.45, 7) is 6.74. The molecule has 2 heterocycles. The zero-order valence-corrected chi connectivity index (χ0v) is 19.6. The molecule has 1 fully saturated rings. The fraction of sp³-hybridized carbons (Fsp3) is 0.500. The molecular weight excluding hydrogens is 420 g/mol. The highest BCUT2D eigenvalue weighted by molar-refractivity contribution is 6.09. The van der Waals surface area contributed by atoms with Crippen molar-refractivity contribution in [1.29, 1.82) is 0 Å². The molecule has 0 unspecified atom stereocenters. The number of likely N-dealkylation sites (N-methyl/N-ethyl adjacent to an activating group) is 1. The molecule has 2 aliphatic rings. The van der Waals surface area contributed by atoms with Gasteiger partial charge in [-0.15, -0.1) is 0 Å². The number of fused-ring (bicyclic) bond motifs is 1. The van der Waals surface area contributed by atoms with E-state index in [-0.39, 0.29) is 18.4 Å². The number of hydrogen-bond acceptors (Lipinski definition) is 7. The smallest absolute Gasteiger partial charge is 0.327 e. The van der Waals surface area contributed by atoms with E-state index in [2.05, 4.69) is 22.2 Å². The Morgan fingerprint density at radius 3 is 2.82 bits per heavy atom. The maximum atomic E-state index is 13.1. The van der Waals surface area contributed by atoms with Gasteiger partial charge in [-0.05, 0) is 50.3 Å². The zero-order chi connectivity index (χ0) is 23.4. The first-order chi connectivity index (χ1) is 16.0. The van der Waals surface area contributed by atoms with Crippen LogP contribution >= 0.6 is 0 Å². The summed E-state index contributed by atoms with van der Waals surface area (Å²) in [7, 11) is 1.87. The Morgan fingerprint density at radius 2 is 2.09 bits per heavy atom. The van der Waals surface area contributed by atoms with Crippen LogP contribution in [-0.2, 0) is 20.9 Å². The second kappa shape index (κ2) is 10.1. The largest absolute Gasteiger partial charge is 0.465 e. The number of carbonyl (C=O) groups is 2. The molecule has 0 spiro atoms. The first-order valence-corrected chi connectivity index (χ1v) is 11.6. The molecule has 1 N–H and O–H groups in total. The third kappa shape index (κ3) is 5.71. The summed E-state index contributed by atoms with van der Waals surface area (Å²) in [5.74, 6) is 1.14. The Kier molecular flexibility index (Phi) is 6.96. The Morgan fingerprint density at radius 1 is 1.27 bits per heavy atom. The molecule has 2 aromatic rings. The molecule has 9 nitrogen and oxygen atoms in total. The fourth-order valence-electron chi connectivity index (χ4n) is 3.91. The van der Waals surface area contributed by atoms with Crippen LogP contribution in [-0.4, -0.2) is 70.7 Å². The first kappa shape index (κ1) is 22.8. The second-order valence-corrected chi connectivity index (χ2v) is 8.63. The molecule has 0 saturated heterocycles. The number of carbonyl (C=O) groups excluding carboxylic acids is 2. The third-order valence-electron chi connectivity index (χ3n) is 5.75. The zero-order valence-electron chi connectivity index (χ0n) is 19.6. The molecule has 1 amide bonds. The van der Waals surface area contributed by atoms with Gasteiger partial charge in [0.2, 0.25) is 0 Å². The minimum Gasteiger partial charge on any atom is -0.465 e. The second-order valence-electron chi connectivity index (χ2n) is 8.63. The normalized spacial score (nSPS) is 15.8. The molecular formula is C24H32N6O3. The van der Waals surface area contributed by atoms with Crippen LogP contribution in [0.25, 0.3) is 10.9 Å². The number of amides is 1. The van der Waals surface area contributed by atoms with Gasteiger partial charge in [0.15, 0.2) is 0 Å². The predicted octanol–water partition coefficient (Wildman–Crippen LogP) is 2.85. The standard InChI is InChI=1S/C24H32N6O3/c1-4-10-29(13-17-6-7-17)22-12-21(28(3)16-25-22)24(32)26-19-8-9-20-18(11-19)14-30(27-20)15-23(31)33-5-2/h8-9,11-12,14,17H,4-7,10,13,15-16H2,1-3H3,(H,26,32). The minimum atomic E-state index is -0.331. The van der Waals surface area contributed by atoms with Gasteiger partial charge in [-0.25, -0.2) is 4.99 Å². The molecule has 1 aliphatic heterocycles. The first-order valence-electron chi connectivity index (χ1n) is 11.6. The highest BCUT2D eigenvalue weighted by Gasteiger charge is 2.27. The number of ether oxygens (including phenoxy) is 1. The molecule has 4 rings (SSSR count). The van der Waals surface area contributed by atoms with Crippen molar-refractivity contribution in [3.05, 3.63) is 36.2 Å². The SMILES string of the molecule is CCCN(CC1CC1)C1=NCN(C)C(C(=O)Nc2ccc3nn(CC(=O)OCC)cc3c2)=C1. The van der Waals surface area contributed by atoms with Crippen molar-refractivity contribution in [3.8, 4) is 0 Å². The van der Waals surface area contributed by atoms with Gasteiger partial charge in [0.25, 0.3) is 5.91 Å². The molecule has 0 atom stereocenters. The molecule has 1 aromatic heterocycles. The molecule has 9 heteroatoms. The highest BCUT2D eigenvalue weighted by Crippen LogP contribution is 2.30. The Labute approximate surface area is 194 Å². The summed E-state index contributed by atoms with van der Waals surface area (Å²) in [6.07, 6.45) is 7.28. The van der Waals surface area contributed by atoms with E-state index in [1.807, 2.05) is 36.2 Å². The quantitative estimate of drug-likeness (QED) is 0.588. The molecule has 176 valence electrons. The number of nitrogens with zero attached hydrogens (tertiary/aromatic N) is 5. The van der Waals surface area contributed by atoms with Gasteiger partial charge in [0.1, 0.15) is 24.7 Å². The average Bonchev–Trinajstić information content (AvgIpc) is 3.51. The van der Waals surface area contributed by atoms with Crippen molar-refractivity contribution in [2.75, 3.05) is 38.7 Å². The topological polar surface area (TPSA) is 92.1 Å². The van der Waals surface area contributed by atoms with Crippen molar-refractivity contribution in [1.82, 2.24) is 19.6 Å². The number of aliphatic imine (C=N–C) groups is 1. The van der Waals surface area contributed by atoms with Gasteiger partial charge in [-0.2, -0.15) is 5.10 Å². The summed E-state index contributed by atoms with van der Waals surface area (Å²) in [5.41, 5.74) is 2.01. The third-order valence-corrected chi connectivity index (χ3v) is 5.75. The van der Waals surface area contributed by atoms with Crippen molar-refractivity contribution in [2.45, 2.75) is 39.7 Å². The van der Waals surface area contributed by atoms with E-state index in [1.54, 1.807) is 17.8 Å². The summed E-state index contributed by atoms with van der Waals surface area (Å²) >= 11 is 0. The van der Waals surface area contributed by atoms with Crippen molar-refractivity contribution < 1.29 is 14.3 Å². The van der Waals surface area contributed by atoms with Crippen molar-refractivity contribution >= 4 is 34.3 Å². The van der Waals surface area contributed by atoms with Gasteiger partial charge in [-0.1, -0.05) is 6.92 Å². The summed E-state index contributed by atoms with van der Waals surface area (Å²) in [5, 5.41) is 8.23. The van der Waals surface area contributed by atoms with Crippen LogP contribution in [0.1, 0.15) is 33.1 Å². The molecule has 1 aromatic carbocycles. The van der Waals surface area contributed by atoms with Crippen LogP contribution in [0.3, 0.4) is 0 Å². The van der Waals surface area contributed by atoms with E-state index in [9.17, 15) is 9.59 Å². The van der Waals surface area contributed by atoms with Crippen LogP contribution in [0.5, 0.6) is 0 Å². The van der Waals surface area contributed by atoms with E-state index in [4.69, 9.17) is 9.73 Å². The number of anilines is 1. The van der Waals surface area contributed by atoms with Crippen LogP contribution in [0.15, 0.2) is 41.2 Å².